The fraction of sp³-hybridized carbons (Fsp3) is 0.273. The molecule has 0 saturated heterocycles. The molecule has 3 heteroatoms. The Morgan fingerprint density at radius 2 is 2.29 bits per heavy atom. The molecule has 0 aliphatic heterocycles. The van der Waals surface area contributed by atoms with Gasteiger partial charge in [-0.15, -0.1) is 0 Å². The minimum absolute atomic E-state index is 0.206. The lowest BCUT2D eigenvalue weighted by atomic mass is 10.0. The first kappa shape index (κ1) is 9.21. The molecule has 0 radical (unpaired) electrons. The van der Waals surface area contributed by atoms with E-state index < -0.39 is 0 Å². The molecule has 1 aromatic heterocycles. The van der Waals surface area contributed by atoms with Crippen molar-refractivity contribution in [2.75, 3.05) is 6.54 Å². The smallest absolute Gasteiger partial charge is 0.123 e. The van der Waals surface area contributed by atoms with Gasteiger partial charge in [-0.2, -0.15) is 0 Å². The van der Waals surface area contributed by atoms with Crippen LogP contribution >= 0.6 is 0 Å². The maximum atomic E-state index is 13.0. The van der Waals surface area contributed by atoms with Gasteiger partial charge in [0.25, 0.3) is 0 Å². The number of benzene rings is 1. The highest BCUT2D eigenvalue weighted by molar-refractivity contribution is 5.83. The molecule has 1 unspecified atom stereocenters. The standard InChI is InChI=1S/C11H13FN2/c1-7(5-13)10-6-14-11-3-2-8(12)4-9(10)11/h2-4,6-7,14H,5,13H2,1H3. The van der Waals surface area contributed by atoms with Crippen LogP contribution < -0.4 is 5.73 Å². The van der Waals surface area contributed by atoms with Crippen molar-refractivity contribution in [3.63, 3.8) is 0 Å². The zero-order valence-electron chi connectivity index (χ0n) is 8.05. The number of halogens is 1. The van der Waals surface area contributed by atoms with Gasteiger partial charge in [0.05, 0.1) is 0 Å². The van der Waals surface area contributed by atoms with E-state index in [1.807, 2.05) is 13.1 Å². The average Bonchev–Trinajstić information content (AvgIpc) is 2.59. The zero-order valence-corrected chi connectivity index (χ0v) is 8.05. The molecule has 2 rings (SSSR count). The summed E-state index contributed by atoms with van der Waals surface area (Å²) in [6, 6.07) is 4.75. The first-order chi connectivity index (χ1) is 6.72. The largest absolute Gasteiger partial charge is 0.361 e. The molecule has 3 N–H and O–H groups in total. The summed E-state index contributed by atoms with van der Waals surface area (Å²) in [5.41, 5.74) is 7.63. The highest BCUT2D eigenvalue weighted by Gasteiger charge is 2.09. The average molecular weight is 192 g/mol. The van der Waals surface area contributed by atoms with Crippen molar-refractivity contribution in [3.8, 4) is 0 Å². The third-order valence-corrected chi connectivity index (χ3v) is 2.56. The predicted octanol–water partition coefficient (Wildman–Crippen LogP) is 2.37. The number of fused-ring (bicyclic) bond motifs is 1. The van der Waals surface area contributed by atoms with Crippen molar-refractivity contribution < 1.29 is 4.39 Å². The first-order valence-electron chi connectivity index (χ1n) is 4.69. The molecule has 0 saturated carbocycles. The second-order valence-corrected chi connectivity index (χ2v) is 3.57. The van der Waals surface area contributed by atoms with Gasteiger partial charge in [-0.05, 0) is 36.2 Å². The van der Waals surface area contributed by atoms with Crippen molar-refractivity contribution in [2.45, 2.75) is 12.8 Å². The van der Waals surface area contributed by atoms with Gasteiger partial charge in [0, 0.05) is 17.1 Å². The summed E-state index contributed by atoms with van der Waals surface area (Å²) >= 11 is 0. The summed E-state index contributed by atoms with van der Waals surface area (Å²) in [4.78, 5) is 3.11. The summed E-state index contributed by atoms with van der Waals surface area (Å²) in [5, 5.41) is 0.933. The fourth-order valence-corrected chi connectivity index (χ4v) is 1.65. The number of nitrogens with one attached hydrogen (secondary N) is 1. The van der Waals surface area contributed by atoms with Crippen molar-refractivity contribution in [3.05, 3.63) is 35.8 Å². The molecule has 2 nitrogen and oxygen atoms in total. The van der Waals surface area contributed by atoms with Gasteiger partial charge >= 0.3 is 0 Å². The van der Waals surface area contributed by atoms with Crippen molar-refractivity contribution in [1.29, 1.82) is 0 Å². The second kappa shape index (κ2) is 3.42. The topological polar surface area (TPSA) is 41.8 Å². The Morgan fingerprint density at radius 3 is 3.00 bits per heavy atom. The number of rotatable bonds is 2. The van der Waals surface area contributed by atoms with Crippen LogP contribution in [0, 0.1) is 5.82 Å². The van der Waals surface area contributed by atoms with Gasteiger partial charge < -0.3 is 10.7 Å². The summed E-state index contributed by atoms with van der Waals surface area (Å²) in [5.74, 6) is 0.0492. The quantitative estimate of drug-likeness (QED) is 0.753. The van der Waals surface area contributed by atoms with E-state index in [2.05, 4.69) is 4.98 Å². The molecule has 1 heterocycles. The summed E-state index contributed by atoms with van der Waals surface area (Å²) in [6.07, 6.45) is 1.90. The summed E-state index contributed by atoms with van der Waals surface area (Å²) in [7, 11) is 0. The number of nitrogens with two attached hydrogens (primary N) is 1. The molecular formula is C11H13FN2. The van der Waals surface area contributed by atoms with Crippen molar-refractivity contribution in [2.24, 2.45) is 5.73 Å². The normalized spacial score (nSPS) is 13.4. The Balaban J connectivity index is 2.61. The predicted molar refractivity (Wildman–Crippen MR) is 55.7 cm³/mol. The van der Waals surface area contributed by atoms with E-state index >= 15 is 0 Å². The fourth-order valence-electron chi connectivity index (χ4n) is 1.65. The molecule has 0 aliphatic carbocycles. The van der Waals surface area contributed by atoms with Crippen molar-refractivity contribution >= 4 is 10.9 Å². The van der Waals surface area contributed by atoms with E-state index in [1.54, 1.807) is 12.1 Å². The Bertz CT molecular complexity index is 447. The van der Waals surface area contributed by atoms with Crippen LogP contribution in [0.15, 0.2) is 24.4 Å². The van der Waals surface area contributed by atoms with E-state index in [4.69, 9.17) is 5.73 Å². The Labute approximate surface area is 81.9 Å². The monoisotopic (exact) mass is 192 g/mol. The van der Waals surface area contributed by atoms with E-state index in [9.17, 15) is 4.39 Å². The van der Waals surface area contributed by atoms with Gasteiger partial charge in [0.15, 0.2) is 0 Å². The van der Waals surface area contributed by atoms with Crippen LogP contribution in [-0.4, -0.2) is 11.5 Å². The number of aromatic amines is 1. The molecule has 74 valence electrons. The van der Waals surface area contributed by atoms with Crippen LogP contribution in [0.4, 0.5) is 4.39 Å². The van der Waals surface area contributed by atoms with E-state index in [0.717, 1.165) is 16.5 Å². The minimum atomic E-state index is -0.206. The lowest BCUT2D eigenvalue weighted by Crippen LogP contribution is -2.08. The SMILES string of the molecule is CC(CN)c1c[nH]c2ccc(F)cc12. The molecule has 0 fully saturated rings. The third-order valence-electron chi connectivity index (χ3n) is 2.56. The van der Waals surface area contributed by atoms with Crippen LogP contribution in [0.3, 0.4) is 0 Å². The zero-order chi connectivity index (χ0) is 10.1. The molecule has 2 aromatic rings. The van der Waals surface area contributed by atoms with E-state index in [0.29, 0.717) is 6.54 Å². The highest BCUT2D eigenvalue weighted by atomic mass is 19.1. The molecule has 1 atom stereocenters. The number of hydrogen-bond acceptors (Lipinski definition) is 1. The van der Waals surface area contributed by atoms with E-state index in [-0.39, 0.29) is 11.7 Å². The number of H-pyrrole nitrogens is 1. The molecule has 0 amide bonds. The van der Waals surface area contributed by atoms with Crippen molar-refractivity contribution in [1.82, 2.24) is 4.98 Å². The van der Waals surface area contributed by atoms with Crippen LogP contribution in [0.2, 0.25) is 0 Å². The van der Waals surface area contributed by atoms with Gasteiger partial charge in [0.2, 0.25) is 0 Å². The van der Waals surface area contributed by atoms with Crippen LogP contribution in [0.25, 0.3) is 10.9 Å². The molecular weight excluding hydrogens is 179 g/mol. The maximum absolute atomic E-state index is 13.0. The minimum Gasteiger partial charge on any atom is -0.361 e. The Morgan fingerprint density at radius 1 is 1.50 bits per heavy atom. The Kier molecular flexibility index (Phi) is 2.25. The molecule has 0 bridgehead atoms. The lowest BCUT2D eigenvalue weighted by Gasteiger charge is -2.06. The lowest BCUT2D eigenvalue weighted by molar-refractivity contribution is 0.629. The van der Waals surface area contributed by atoms with Crippen LogP contribution in [0.5, 0.6) is 0 Å². The maximum Gasteiger partial charge on any atom is 0.123 e. The van der Waals surface area contributed by atoms with Gasteiger partial charge in [0.1, 0.15) is 5.82 Å². The summed E-state index contributed by atoms with van der Waals surface area (Å²) < 4.78 is 13.0. The third kappa shape index (κ3) is 1.40. The molecule has 0 spiro atoms. The molecule has 0 aliphatic rings. The second-order valence-electron chi connectivity index (χ2n) is 3.57. The van der Waals surface area contributed by atoms with Crippen LogP contribution in [-0.2, 0) is 0 Å². The van der Waals surface area contributed by atoms with Gasteiger partial charge in [-0.3, -0.25) is 0 Å². The highest BCUT2D eigenvalue weighted by Crippen LogP contribution is 2.25. The van der Waals surface area contributed by atoms with E-state index in [1.165, 1.54) is 6.07 Å². The number of aromatic nitrogens is 1. The molecule has 14 heavy (non-hydrogen) atoms. The first-order valence-corrected chi connectivity index (χ1v) is 4.69. The number of hydrogen-bond donors (Lipinski definition) is 2. The Hall–Kier alpha value is -1.35. The molecule has 1 aromatic carbocycles. The van der Waals surface area contributed by atoms with Gasteiger partial charge in [-0.1, -0.05) is 6.92 Å². The van der Waals surface area contributed by atoms with Gasteiger partial charge in [-0.25, -0.2) is 4.39 Å². The summed E-state index contributed by atoms with van der Waals surface area (Å²) in [6.45, 7) is 2.61. The van der Waals surface area contributed by atoms with Crippen LogP contribution in [0.1, 0.15) is 18.4 Å².